The first-order chi connectivity index (χ1) is 7.55. The summed E-state index contributed by atoms with van der Waals surface area (Å²) in [5.74, 6) is 0. The van der Waals surface area contributed by atoms with Gasteiger partial charge in [0.1, 0.15) is 5.69 Å². The maximum Gasteiger partial charge on any atom is 0.102 e. The van der Waals surface area contributed by atoms with Gasteiger partial charge in [-0.1, -0.05) is 5.21 Å². The first kappa shape index (κ1) is 11.5. The number of nitrogens with two attached hydrogens (primary N) is 1. The lowest BCUT2D eigenvalue weighted by Gasteiger charge is -2.13. The molecule has 0 spiro atoms. The van der Waals surface area contributed by atoms with Crippen molar-refractivity contribution in [1.29, 1.82) is 0 Å². The van der Waals surface area contributed by atoms with E-state index in [0.29, 0.717) is 6.10 Å². The molecule has 1 aliphatic rings. The van der Waals surface area contributed by atoms with E-state index in [1.165, 1.54) is 12.8 Å². The molecule has 1 fully saturated rings. The zero-order valence-electron chi connectivity index (χ0n) is 10.0. The van der Waals surface area contributed by atoms with Crippen LogP contribution >= 0.6 is 0 Å². The van der Waals surface area contributed by atoms with Gasteiger partial charge in [0.25, 0.3) is 0 Å². The highest BCUT2D eigenvalue weighted by atomic mass is 16.5. The van der Waals surface area contributed by atoms with Crippen LogP contribution in [0.3, 0.4) is 0 Å². The van der Waals surface area contributed by atoms with Gasteiger partial charge in [0.05, 0.1) is 17.8 Å². The van der Waals surface area contributed by atoms with E-state index in [-0.39, 0.29) is 0 Å². The fourth-order valence-corrected chi connectivity index (χ4v) is 1.85. The normalized spacial score (nSPS) is 21.6. The van der Waals surface area contributed by atoms with Crippen LogP contribution in [0.2, 0.25) is 0 Å². The number of ether oxygens (including phenoxy) is 1. The molecular formula is C11H20N4O. The molecule has 16 heavy (non-hydrogen) atoms. The number of aromatic nitrogens is 3. The summed E-state index contributed by atoms with van der Waals surface area (Å²) >= 11 is 0. The number of hydrogen-bond donors (Lipinski definition) is 1. The summed E-state index contributed by atoms with van der Waals surface area (Å²) in [5.41, 5.74) is 6.37. The molecule has 1 aliphatic heterocycles. The van der Waals surface area contributed by atoms with Crippen LogP contribution in [0.4, 0.5) is 0 Å². The summed E-state index contributed by atoms with van der Waals surface area (Å²) in [6.07, 6.45) is 5.69. The third-order valence-corrected chi connectivity index (χ3v) is 2.90. The smallest absolute Gasteiger partial charge is 0.102 e. The van der Waals surface area contributed by atoms with Crippen molar-refractivity contribution >= 4 is 0 Å². The zero-order valence-corrected chi connectivity index (χ0v) is 10.0. The Morgan fingerprint density at radius 1 is 1.62 bits per heavy atom. The second-order valence-electron chi connectivity index (χ2n) is 5.01. The van der Waals surface area contributed by atoms with Crippen LogP contribution in [0.5, 0.6) is 0 Å². The van der Waals surface area contributed by atoms with Crippen molar-refractivity contribution < 1.29 is 4.74 Å². The minimum absolute atomic E-state index is 0.401. The molecule has 2 heterocycles. The SMILES string of the molecule is CC(C)(N)c1cn(CCC2CCCO2)nn1. The first-order valence-electron chi connectivity index (χ1n) is 5.87. The summed E-state index contributed by atoms with van der Waals surface area (Å²) in [6.45, 7) is 5.62. The molecular weight excluding hydrogens is 204 g/mol. The molecule has 90 valence electrons. The fourth-order valence-electron chi connectivity index (χ4n) is 1.85. The lowest BCUT2D eigenvalue weighted by molar-refractivity contribution is 0.0993. The van der Waals surface area contributed by atoms with E-state index in [9.17, 15) is 0 Å². The zero-order chi connectivity index (χ0) is 11.6. The maximum absolute atomic E-state index is 5.95. The van der Waals surface area contributed by atoms with Gasteiger partial charge in [-0.15, -0.1) is 5.10 Å². The van der Waals surface area contributed by atoms with Crippen molar-refractivity contribution in [2.45, 2.75) is 51.3 Å². The Morgan fingerprint density at radius 3 is 3.00 bits per heavy atom. The molecule has 0 bridgehead atoms. The lowest BCUT2D eigenvalue weighted by Crippen LogP contribution is -2.29. The molecule has 2 N–H and O–H groups in total. The summed E-state index contributed by atoms with van der Waals surface area (Å²) in [7, 11) is 0. The summed E-state index contributed by atoms with van der Waals surface area (Å²) < 4.78 is 7.42. The van der Waals surface area contributed by atoms with Crippen molar-refractivity contribution in [2.24, 2.45) is 5.73 Å². The molecule has 0 amide bonds. The quantitative estimate of drug-likeness (QED) is 0.830. The topological polar surface area (TPSA) is 66.0 Å². The fraction of sp³-hybridized carbons (Fsp3) is 0.818. The first-order valence-corrected chi connectivity index (χ1v) is 5.87. The van der Waals surface area contributed by atoms with Crippen LogP contribution in [0.25, 0.3) is 0 Å². The van der Waals surface area contributed by atoms with Gasteiger partial charge in [0.15, 0.2) is 0 Å². The second-order valence-corrected chi connectivity index (χ2v) is 5.01. The van der Waals surface area contributed by atoms with E-state index in [1.54, 1.807) is 0 Å². The largest absolute Gasteiger partial charge is 0.378 e. The van der Waals surface area contributed by atoms with E-state index in [4.69, 9.17) is 10.5 Å². The van der Waals surface area contributed by atoms with E-state index >= 15 is 0 Å². The highest BCUT2D eigenvalue weighted by Crippen LogP contribution is 2.17. The Kier molecular flexibility index (Phi) is 3.25. The van der Waals surface area contributed by atoms with Crippen LogP contribution in [-0.4, -0.2) is 27.7 Å². The van der Waals surface area contributed by atoms with Gasteiger partial charge in [0, 0.05) is 13.2 Å². The summed E-state index contributed by atoms with van der Waals surface area (Å²) in [4.78, 5) is 0. The van der Waals surface area contributed by atoms with Gasteiger partial charge < -0.3 is 10.5 Å². The third-order valence-electron chi connectivity index (χ3n) is 2.90. The Hall–Kier alpha value is -0.940. The maximum atomic E-state index is 5.95. The molecule has 5 nitrogen and oxygen atoms in total. The standard InChI is InChI=1S/C11H20N4O/c1-11(2,12)10-8-15(14-13-10)6-5-9-4-3-7-16-9/h8-9H,3-7,12H2,1-2H3. The molecule has 1 atom stereocenters. The number of hydrogen-bond acceptors (Lipinski definition) is 4. The molecule has 1 aromatic rings. The molecule has 5 heteroatoms. The summed E-state index contributed by atoms with van der Waals surface area (Å²) in [6, 6.07) is 0. The second kappa shape index (κ2) is 4.51. The van der Waals surface area contributed by atoms with Gasteiger partial charge in [-0.3, -0.25) is 4.68 Å². The molecule has 1 saturated heterocycles. The molecule has 0 radical (unpaired) electrons. The third kappa shape index (κ3) is 2.80. The van der Waals surface area contributed by atoms with E-state index in [1.807, 2.05) is 24.7 Å². The average molecular weight is 224 g/mol. The van der Waals surface area contributed by atoms with Gasteiger partial charge in [-0.05, 0) is 33.1 Å². The van der Waals surface area contributed by atoms with E-state index in [0.717, 1.165) is 25.3 Å². The predicted octanol–water partition coefficient (Wildman–Crippen LogP) is 1.04. The Labute approximate surface area is 96.0 Å². The molecule has 2 rings (SSSR count). The van der Waals surface area contributed by atoms with E-state index < -0.39 is 5.54 Å². The van der Waals surface area contributed by atoms with Gasteiger partial charge in [-0.2, -0.15) is 0 Å². The van der Waals surface area contributed by atoms with Crippen molar-refractivity contribution in [1.82, 2.24) is 15.0 Å². The van der Waals surface area contributed by atoms with Crippen molar-refractivity contribution in [3.05, 3.63) is 11.9 Å². The Morgan fingerprint density at radius 2 is 2.44 bits per heavy atom. The molecule has 0 aromatic carbocycles. The van der Waals surface area contributed by atoms with Gasteiger partial charge in [0.2, 0.25) is 0 Å². The number of aryl methyl sites for hydroxylation is 1. The molecule has 1 aromatic heterocycles. The minimum atomic E-state index is -0.415. The highest BCUT2D eigenvalue weighted by Gasteiger charge is 2.19. The van der Waals surface area contributed by atoms with Crippen LogP contribution in [-0.2, 0) is 16.8 Å². The van der Waals surface area contributed by atoms with Crippen LogP contribution in [0, 0.1) is 0 Å². The minimum Gasteiger partial charge on any atom is -0.378 e. The Balaban J connectivity index is 1.87. The number of nitrogens with zero attached hydrogens (tertiary/aromatic N) is 3. The molecule has 0 aliphatic carbocycles. The van der Waals surface area contributed by atoms with Crippen molar-refractivity contribution in [3.8, 4) is 0 Å². The Bertz CT molecular complexity index is 336. The summed E-state index contributed by atoms with van der Waals surface area (Å²) in [5, 5.41) is 8.15. The highest BCUT2D eigenvalue weighted by molar-refractivity contribution is 5.05. The average Bonchev–Trinajstić information content (AvgIpc) is 2.85. The van der Waals surface area contributed by atoms with Crippen LogP contribution < -0.4 is 5.73 Å². The van der Waals surface area contributed by atoms with Gasteiger partial charge >= 0.3 is 0 Å². The van der Waals surface area contributed by atoms with Crippen LogP contribution in [0.15, 0.2) is 6.20 Å². The van der Waals surface area contributed by atoms with Crippen LogP contribution in [0.1, 0.15) is 38.8 Å². The predicted molar refractivity (Wildman–Crippen MR) is 60.8 cm³/mol. The monoisotopic (exact) mass is 224 g/mol. The van der Waals surface area contributed by atoms with Crippen molar-refractivity contribution in [3.63, 3.8) is 0 Å². The van der Waals surface area contributed by atoms with Gasteiger partial charge in [-0.25, -0.2) is 0 Å². The lowest BCUT2D eigenvalue weighted by atomic mass is 10.0. The number of rotatable bonds is 4. The van der Waals surface area contributed by atoms with Crippen molar-refractivity contribution in [2.75, 3.05) is 6.61 Å². The van der Waals surface area contributed by atoms with E-state index in [2.05, 4.69) is 10.3 Å². The molecule has 1 unspecified atom stereocenters. The molecule has 0 saturated carbocycles.